The summed E-state index contributed by atoms with van der Waals surface area (Å²) in [7, 11) is 0. The summed E-state index contributed by atoms with van der Waals surface area (Å²) in [6.07, 6.45) is 0.703. The fraction of sp³-hybridized carbons (Fsp3) is 0.714. The van der Waals surface area contributed by atoms with Gasteiger partial charge in [-0.15, -0.1) is 0 Å². The van der Waals surface area contributed by atoms with Crippen LogP contribution in [0, 0.1) is 6.92 Å². The highest BCUT2D eigenvalue weighted by Crippen LogP contribution is 1.96. The lowest BCUT2D eigenvalue weighted by Gasteiger charge is -1.94. The van der Waals surface area contributed by atoms with Gasteiger partial charge in [0.1, 0.15) is 0 Å². The third-order valence-corrected chi connectivity index (χ3v) is 1.23. The van der Waals surface area contributed by atoms with Gasteiger partial charge in [-0.2, -0.15) is 4.98 Å². The van der Waals surface area contributed by atoms with E-state index in [-0.39, 0.29) is 0 Å². The normalized spacial score (nSPS) is 10.4. The molecule has 1 rings (SSSR count). The quantitative estimate of drug-likeness (QED) is 0.609. The molecule has 0 aliphatic rings. The third kappa shape index (κ3) is 2.67. The van der Waals surface area contributed by atoms with Crippen LogP contribution in [0.2, 0.25) is 0 Å². The van der Waals surface area contributed by atoms with E-state index in [4.69, 9.17) is 9.26 Å². The van der Waals surface area contributed by atoms with Gasteiger partial charge in [0.15, 0.2) is 5.82 Å². The smallest absolute Gasteiger partial charge is 0.228 e. The summed E-state index contributed by atoms with van der Waals surface area (Å²) >= 11 is 0. The minimum atomic E-state index is 0.649. The summed E-state index contributed by atoms with van der Waals surface area (Å²) < 4.78 is 9.99. The van der Waals surface area contributed by atoms with Crippen molar-refractivity contribution < 1.29 is 9.26 Å². The molecule has 0 atom stereocenters. The summed E-state index contributed by atoms with van der Waals surface area (Å²) in [6.45, 7) is 5.14. The van der Waals surface area contributed by atoms with Crippen LogP contribution in [0.1, 0.15) is 18.6 Å². The first-order valence-electron chi connectivity index (χ1n) is 3.70. The summed E-state index contributed by atoms with van der Waals surface area (Å²) in [4.78, 5) is 4.02. The predicted octanol–water partition coefficient (Wildman–Crippen LogP) is 0.957. The van der Waals surface area contributed by atoms with Crippen LogP contribution in [0.5, 0.6) is 0 Å². The van der Waals surface area contributed by atoms with Crippen molar-refractivity contribution in [1.82, 2.24) is 10.1 Å². The second-order valence-electron chi connectivity index (χ2n) is 2.18. The fourth-order valence-corrected chi connectivity index (χ4v) is 0.745. The Kier molecular flexibility index (Phi) is 3.04. The standard InChI is InChI=1S/C7H12N2O2/c1-3-10-5-4-7-8-6(2)9-11-7/h3-5H2,1-2H3. The van der Waals surface area contributed by atoms with Gasteiger partial charge in [0, 0.05) is 6.61 Å². The molecule has 1 aromatic rings. The van der Waals surface area contributed by atoms with Crippen molar-refractivity contribution in [2.45, 2.75) is 20.3 Å². The van der Waals surface area contributed by atoms with E-state index in [0.717, 1.165) is 6.61 Å². The molecule has 0 bridgehead atoms. The van der Waals surface area contributed by atoms with E-state index < -0.39 is 0 Å². The van der Waals surface area contributed by atoms with Crippen molar-refractivity contribution in [3.8, 4) is 0 Å². The van der Waals surface area contributed by atoms with Crippen LogP contribution in [0.4, 0.5) is 0 Å². The van der Waals surface area contributed by atoms with Crippen molar-refractivity contribution in [3.63, 3.8) is 0 Å². The van der Waals surface area contributed by atoms with Crippen molar-refractivity contribution in [3.05, 3.63) is 11.7 Å². The molecule has 0 saturated carbocycles. The van der Waals surface area contributed by atoms with Gasteiger partial charge in [-0.05, 0) is 13.8 Å². The molecule has 1 heterocycles. The van der Waals surface area contributed by atoms with Crippen molar-refractivity contribution in [2.24, 2.45) is 0 Å². The lowest BCUT2D eigenvalue weighted by molar-refractivity contribution is 0.144. The third-order valence-electron chi connectivity index (χ3n) is 1.23. The fourth-order valence-electron chi connectivity index (χ4n) is 0.745. The molecule has 0 spiro atoms. The number of hydrogen-bond donors (Lipinski definition) is 0. The second-order valence-corrected chi connectivity index (χ2v) is 2.18. The maximum Gasteiger partial charge on any atom is 0.228 e. The van der Waals surface area contributed by atoms with Gasteiger partial charge < -0.3 is 9.26 Å². The van der Waals surface area contributed by atoms with E-state index in [1.54, 1.807) is 6.92 Å². The number of aromatic nitrogens is 2. The minimum Gasteiger partial charge on any atom is -0.381 e. The summed E-state index contributed by atoms with van der Waals surface area (Å²) in [5.74, 6) is 1.33. The van der Waals surface area contributed by atoms with Crippen LogP contribution in [0.3, 0.4) is 0 Å². The van der Waals surface area contributed by atoms with Crippen LogP contribution in [-0.2, 0) is 11.2 Å². The largest absolute Gasteiger partial charge is 0.381 e. The predicted molar refractivity (Wildman–Crippen MR) is 39.2 cm³/mol. The molecule has 0 aliphatic carbocycles. The first kappa shape index (κ1) is 8.20. The molecule has 0 aromatic carbocycles. The second kappa shape index (κ2) is 4.08. The topological polar surface area (TPSA) is 48.2 Å². The van der Waals surface area contributed by atoms with Gasteiger partial charge in [0.25, 0.3) is 0 Å². The Morgan fingerprint density at radius 3 is 2.91 bits per heavy atom. The number of nitrogens with zero attached hydrogens (tertiary/aromatic N) is 2. The highest BCUT2D eigenvalue weighted by Gasteiger charge is 2.00. The number of ether oxygens (including phenoxy) is 1. The Balaban J connectivity index is 2.27. The maximum atomic E-state index is 5.12. The SMILES string of the molecule is CCOCCc1nc(C)no1. The van der Waals surface area contributed by atoms with Crippen LogP contribution in [0.25, 0.3) is 0 Å². The van der Waals surface area contributed by atoms with E-state index >= 15 is 0 Å². The Bertz CT molecular complexity index is 210. The maximum absolute atomic E-state index is 5.12. The summed E-state index contributed by atoms with van der Waals surface area (Å²) in [5.41, 5.74) is 0. The van der Waals surface area contributed by atoms with Gasteiger partial charge in [-0.1, -0.05) is 5.16 Å². The zero-order valence-electron chi connectivity index (χ0n) is 6.83. The van der Waals surface area contributed by atoms with Gasteiger partial charge >= 0.3 is 0 Å². The molecule has 0 aliphatic heterocycles. The summed E-state index contributed by atoms with van der Waals surface area (Å²) in [6, 6.07) is 0. The highest BCUT2D eigenvalue weighted by molar-refractivity contribution is 4.82. The highest BCUT2D eigenvalue weighted by atomic mass is 16.5. The van der Waals surface area contributed by atoms with Gasteiger partial charge in [-0.3, -0.25) is 0 Å². The average Bonchev–Trinajstić information content (AvgIpc) is 2.37. The number of hydrogen-bond acceptors (Lipinski definition) is 4. The van der Waals surface area contributed by atoms with Crippen LogP contribution in [-0.4, -0.2) is 23.4 Å². The molecule has 0 radical (unpaired) electrons. The van der Waals surface area contributed by atoms with E-state index in [2.05, 4.69) is 10.1 Å². The molecule has 0 saturated heterocycles. The minimum absolute atomic E-state index is 0.649. The molecule has 1 aromatic heterocycles. The molecular weight excluding hydrogens is 144 g/mol. The van der Waals surface area contributed by atoms with E-state index in [1.165, 1.54) is 0 Å². The molecule has 11 heavy (non-hydrogen) atoms. The van der Waals surface area contributed by atoms with Crippen LogP contribution < -0.4 is 0 Å². The molecule has 4 nitrogen and oxygen atoms in total. The number of aryl methyl sites for hydroxylation is 1. The zero-order chi connectivity index (χ0) is 8.10. The molecular formula is C7H12N2O2. The van der Waals surface area contributed by atoms with Gasteiger partial charge in [0.2, 0.25) is 5.89 Å². The lowest BCUT2D eigenvalue weighted by atomic mass is 10.4. The number of rotatable bonds is 4. The Hall–Kier alpha value is -0.900. The molecule has 62 valence electrons. The zero-order valence-corrected chi connectivity index (χ0v) is 6.83. The van der Waals surface area contributed by atoms with E-state index in [9.17, 15) is 0 Å². The molecule has 0 fully saturated rings. The van der Waals surface area contributed by atoms with Crippen molar-refractivity contribution >= 4 is 0 Å². The Labute approximate surface area is 65.6 Å². The van der Waals surface area contributed by atoms with Crippen LogP contribution in [0.15, 0.2) is 4.52 Å². The first-order chi connectivity index (χ1) is 5.33. The first-order valence-corrected chi connectivity index (χ1v) is 3.70. The van der Waals surface area contributed by atoms with E-state index in [0.29, 0.717) is 24.7 Å². The monoisotopic (exact) mass is 156 g/mol. The Morgan fingerprint density at radius 1 is 1.55 bits per heavy atom. The van der Waals surface area contributed by atoms with E-state index in [1.807, 2.05) is 6.92 Å². The van der Waals surface area contributed by atoms with Crippen LogP contribution >= 0.6 is 0 Å². The van der Waals surface area contributed by atoms with Crippen molar-refractivity contribution in [1.29, 1.82) is 0 Å². The summed E-state index contributed by atoms with van der Waals surface area (Å²) in [5, 5.41) is 3.65. The Morgan fingerprint density at radius 2 is 2.36 bits per heavy atom. The molecule has 0 unspecified atom stereocenters. The van der Waals surface area contributed by atoms with Gasteiger partial charge in [0.05, 0.1) is 13.0 Å². The molecule has 0 N–H and O–H groups in total. The molecule has 0 amide bonds. The molecule has 4 heteroatoms. The average molecular weight is 156 g/mol. The van der Waals surface area contributed by atoms with Gasteiger partial charge in [-0.25, -0.2) is 0 Å². The van der Waals surface area contributed by atoms with Crippen molar-refractivity contribution in [2.75, 3.05) is 13.2 Å². The lowest BCUT2D eigenvalue weighted by Crippen LogP contribution is -1.97.